The zero-order valence-electron chi connectivity index (χ0n) is 14.2. The molecule has 0 spiro atoms. The molecule has 2 amide bonds. The second-order valence-electron chi connectivity index (χ2n) is 5.81. The maximum Gasteiger partial charge on any atom is 0.291 e. The maximum atomic E-state index is 12.5. The van der Waals surface area contributed by atoms with Crippen LogP contribution in [-0.2, 0) is 0 Å². The van der Waals surface area contributed by atoms with E-state index in [9.17, 15) is 9.59 Å². The van der Waals surface area contributed by atoms with Crippen molar-refractivity contribution in [2.24, 2.45) is 0 Å². The minimum atomic E-state index is -0.340. The molecule has 0 saturated heterocycles. The van der Waals surface area contributed by atoms with Gasteiger partial charge in [-0.05, 0) is 67.8 Å². The zero-order chi connectivity index (χ0) is 18.0. The first-order valence-corrected chi connectivity index (χ1v) is 8.59. The van der Waals surface area contributed by atoms with Gasteiger partial charge in [0.2, 0.25) is 0 Å². The number of rotatable bonds is 4. The molecule has 0 saturated carbocycles. The van der Waals surface area contributed by atoms with Crippen LogP contribution in [0.2, 0.25) is 0 Å². The molecule has 0 atom stereocenters. The van der Waals surface area contributed by atoms with Crippen LogP contribution < -0.4 is 10.6 Å². The minimum Gasteiger partial charge on any atom is -0.459 e. The van der Waals surface area contributed by atoms with Gasteiger partial charge in [0.25, 0.3) is 11.8 Å². The van der Waals surface area contributed by atoms with Gasteiger partial charge in [0, 0.05) is 5.69 Å². The summed E-state index contributed by atoms with van der Waals surface area (Å²) in [5.74, 6) is -0.302. The summed E-state index contributed by atoms with van der Waals surface area (Å²) in [4.78, 5) is 25.1. The van der Waals surface area contributed by atoms with Gasteiger partial charge in [-0.1, -0.05) is 6.07 Å². The summed E-state index contributed by atoms with van der Waals surface area (Å²) in [6.45, 7) is 5.87. The van der Waals surface area contributed by atoms with E-state index in [1.807, 2.05) is 39.0 Å². The Kier molecular flexibility index (Phi) is 4.72. The van der Waals surface area contributed by atoms with E-state index >= 15 is 0 Å². The summed E-state index contributed by atoms with van der Waals surface area (Å²) in [6.07, 6.45) is 1.44. The van der Waals surface area contributed by atoms with Crippen LogP contribution in [0.3, 0.4) is 0 Å². The summed E-state index contributed by atoms with van der Waals surface area (Å²) < 4.78 is 5.07. The van der Waals surface area contributed by atoms with Crippen molar-refractivity contribution in [1.29, 1.82) is 0 Å². The first-order chi connectivity index (χ1) is 11.9. The number of anilines is 2. The van der Waals surface area contributed by atoms with E-state index in [0.29, 0.717) is 9.88 Å². The number of carbonyl (C=O) groups is 2. The molecule has 5 nitrogen and oxygen atoms in total. The van der Waals surface area contributed by atoms with E-state index in [2.05, 4.69) is 10.6 Å². The van der Waals surface area contributed by atoms with Crippen LogP contribution in [-0.4, -0.2) is 11.8 Å². The lowest BCUT2D eigenvalue weighted by Crippen LogP contribution is -2.11. The van der Waals surface area contributed by atoms with Crippen molar-refractivity contribution in [3.8, 4) is 0 Å². The van der Waals surface area contributed by atoms with Crippen molar-refractivity contribution in [3.63, 3.8) is 0 Å². The maximum absolute atomic E-state index is 12.5. The molecule has 0 unspecified atom stereocenters. The van der Waals surface area contributed by atoms with Crippen molar-refractivity contribution < 1.29 is 14.0 Å². The fourth-order valence-electron chi connectivity index (χ4n) is 2.36. The molecule has 6 heteroatoms. The third-order valence-corrected chi connectivity index (χ3v) is 5.02. The van der Waals surface area contributed by atoms with Crippen LogP contribution in [0.1, 0.15) is 36.9 Å². The standard InChI is InChI=1S/C19H18N2O3S/c1-11-6-7-14(9-12(11)2)20-19(23)17-13(3)10-16(25-17)21-18(22)15-5-4-8-24-15/h4-10H,1-3H3,(H,20,23)(H,21,22). The summed E-state index contributed by atoms with van der Waals surface area (Å²) in [7, 11) is 0. The van der Waals surface area contributed by atoms with Gasteiger partial charge in [-0.3, -0.25) is 9.59 Å². The van der Waals surface area contributed by atoms with E-state index in [1.165, 1.54) is 23.2 Å². The molecule has 0 bridgehead atoms. The summed E-state index contributed by atoms with van der Waals surface area (Å²) in [6, 6.07) is 10.8. The van der Waals surface area contributed by atoms with Gasteiger partial charge in [-0.2, -0.15) is 0 Å². The number of hydrogen-bond donors (Lipinski definition) is 2. The van der Waals surface area contributed by atoms with E-state index < -0.39 is 0 Å². The highest BCUT2D eigenvalue weighted by Crippen LogP contribution is 2.28. The van der Waals surface area contributed by atoms with Crippen LogP contribution in [0.4, 0.5) is 10.7 Å². The lowest BCUT2D eigenvalue weighted by Gasteiger charge is -2.07. The zero-order valence-corrected chi connectivity index (χ0v) is 15.0. The van der Waals surface area contributed by atoms with Crippen molar-refractivity contribution in [2.75, 3.05) is 10.6 Å². The van der Waals surface area contributed by atoms with Crippen molar-refractivity contribution in [2.45, 2.75) is 20.8 Å². The second kappa shape index (κ2) is 6.94. The Bertz CT molecular complexity index is 926. The van der Waals surface area contributed by atoms with E-state index in [0.717, 1.165) is 16.8 Å². The fraction of sp³-hybridized carbons (Fsp3) is 0.158. The molecular weight excluding hydrogens is 336 g/mol. The molecule has 2 aromatic heterocycles. The molecule has 0 fully saturated rings. The summed E-state index contributed by atoms with van der Waals surface area (Å²) in [5, 5.41) is 6.25. The monoisotopic (exact) mass is 354 g/mol. The first kappa shape index (κ1) is 17.0. The van der Waals surface area contributed by atoms with Crippen LogP contribution in [0.15, 0.2) is 47.1 Å². The number of benzene rings is 1. The van der Waals surface area contributed by atoms with Crippen molar-refractivity contribution >= 4 is 33.8 Å². The van der Waals surface area contributed by atoms with Crippen LogP contribution >= 0.6 is 11.3 Å². The molecule has 25 heavy (non-hydrogen) atoms. The highest BCUT2D eigenvalue weighted by molar-refractivity contribution is 7.18. The SMILES string of the molecule is Cc1ccc(NC(=O)c2sc(NC(=O)c3ccco3)cc2C)cc1C. The average molecular weight is 354 g/mol. The van der Waals surface area contributed by atoms with E-state index in [4.69, 9.17) is 4.42 Å². The third kappa shape index (κ3) is 3.80. The number of carbonyl (C=O) groups excluding carboxylic acids is 2. The number of furan rings is 1. The first-order valence-electron chi connectivity index (χ1n) is 7.78. The Morgan fingerprint density at radius 1 is 0.920 bits per heavy atom. The number of nitrogens with one attached hydrogen (secondary N) is 2. The van der Waals surface area contributed by atoms with Gasteiger partial charge in [-0.15, -0.1) is 11.3 Å². The Labute approximate surface area is 149 Å². The van der Waals surface area contributed by atoms with E-state index in [1.54, 1.807) is 18.2 Å². The molecule has 3 aromatic rings. The Balaban J connectivity index is 1.74. The Morgan fingerprint density at radius 3 is 2.40 bits per heavy atom. The topological polar surface area (TPSA) is 71.3 Å². The highest BCUT2D eigenvalue weighted by atomic mass is 32.1. The predicted octanol–water partition coefficient (Wildman–Crippen LogP) is 4.77. The van der Waals surface area contributed by atoms with Gasteiger partial charge in [0.15, 0.2) is 5.76 Å². The third-order valence-electron chi connectivity index (χ3n) is 3.87. The molecule has 2 N–H and O–H groups in total. The Morgan fingerprint density at radius 2 is 1.72 bits per heavy atom. The molecule has 0 radical (unpaired) electrons. The molecule has 128 valence electrons. The molecule has 0 aliphatic heterocycles. The van der Waals surface area contributed by atoms with Gasteiger partial charge in [0.1, 0.15) is 0 Å². The lowest BCUT2D eigenvalue weighted by atomic mass is 10.1. The molecule has 0 aliphatic carbocycles. The smallest absolute Gasteiger partial charge is 0.291 e. The number of hydrogen-bond acceptors (Lipinski definition) is 4. The fourth-order valence-corrected chi connectivity index (χ4v) is 3.32. The highest BCUT2D eigenvalue weighted by Gasteiger charge is 2.16. The molecule has 1 aromatic carbocycles. The van der Waals surface area contributed by atoms with Crippen LogP contribution in [0, 0.1) is 20.8 Å². The molecule has 3 rings (SSSR count). The predicted molar refractivity (Wildman–Crippen MR) is 99.6 cm³/mol. The van der Waals surface area contributed by atoms with Gasteiger partial charge >= 0.3 is 0 Å². The van der Waals surface area contributed by atoms with Gasteiger partial charge in [-0.25, -0.2) is 0 Å². The van der Waals surface area contributed by atoms with Crippen molar-refractivity contribution in [3.05, 3.63) is 70.0 Å². The van der Waals surface area contributed by atoms with E-state index in [-0.39, 0.29) is 17.6 Å². The molecule has 0 aliphatic rings. The number of thiophene rings is 1. The lowest BCUT2D eigenvalue weighted by molar-refractivity contribution is 0.0995. The number of aryl methyl sites for hydroxylation is 3. The minimum absolute atomic E-state index is 0.191. The largest absolute Gasteiger partial charge is 0.459 e. The second-order valence-corrected chi connectivity index (χ2v) is 6.86. The molecular formula is C19H18N2O3S. The van der Waals surface area contributed by atoms with Crippen molar-refractivity contribution in [1.82, 2.24) is 0 Å². The summed E-state index contributed by atoms with van der Waals surface area (Å²) in [5.41, 5.74) is 3.85. The average Bonchev–Trinajstić information content (AvgIpc) is 3.21. The van der Waals surface area contributed by atoms with Gasteiger partial charge in [0.05, 0.1) is 16.1 Å². The van der Waals surface area contributed by atoms with Crippen LogP contribution in [0.5, 0.6) is 0 Å². The van der Waals surface area contributed by atoms with Gasteiger partial charge < -0.3 is 15.1 Å². The summed E-state index contributed by atoms with van der Waals surface area (Å²) >= 11 is 1.23. The quantitative estimate of drug-likeness (QED) is 0.709. The normalized spacial score (nSPS) is 10.5. The number of amides is 2. The Hall–Kier alpha value is -2.86. The molecule has 2 heterocycles. The van der Waals surface area contributed by atoms with Crippen LogP contribution in [0.25, 0.3) is 0 Å².